The van der Waals surface area contributed by atoms with E-state index in [0.717, 1.165) is 57.8 Å². The number of hydrogen-bond acceptors (Lipinski definition) is 3. The Morgan fingerprint density at radius 3 is 2.54 bits per heavy atom. The maximum Gasteiger partial charge on any atom is 0.191 e. The lowest BCUT2D eigenvalue weighted by Gasteiger charge is -2.27. The summed E-state index contributed by atoms with van der Waals surface area (Å²) in [5.41, 5.74) is 3.34. The van der Waals surface area contributed by atoms with Gasteiger partial charge in [0.15, 0.2) is 5.96 Å². The van der Waals surface area contributed by atoms with E-state index < -0.39 is 0 Å². The maximum absolute atomic E-state index is 5.46. The summed E-state index contributed by atoms with van der Waals surface area (Å²) in [6, 6.07) is 8.73. The quantitative estimate of drug-likeness (QED) is 0.582. The SMILES string of the molecule is CN=C(NCc1ccccc1CN1CCOCC1)NCC1(C2CC2)CC1. The first-order chi connectivity index (χ1) is 12.8. The second-order valence-corrected chi connectivity index (χ2v) is 8.07. The number of rotatable bonds is 7. The first-order valence-corrected chi connectivity index (χ1v) is 10.1. The minimum atomic E-state index is 0.589. The molecule has 3 fully saturated rings. The fraction of sp³-hybridized carbons (Fsp3) is 0.667. The number of nitrogens with one attached hydrogen (secondary N) is 2. The number of guanidine groups is 1. The number of ether oxygens (including phenoxy) is 1. The normalized spacial score (nSPS) is 22.9. The fourth-order valence-corrected chi connectivity index (χ4v) is 4.13. The minimum absolute atomic E-state index is 0.589. The third-order valence-corrected chi connectivity index (χ3v) is 6.23. The highest BCUT2D eigenvalue weighted by atomic mass is 16.5. The van der Waals surface area contributed by atoms with Crippen molar-refractivity contribution in [3.63, 3.8) is 0 Å². The molecule has 5 nitrogen and oxygen atoms in total. The highest BCUT2D eigenvalue weighted by molar-refractivity contribution is 5.79. The van der Waals surface area contributed by atoms with Gasteiger partial charge in [0.25, 0.3) is 0 Å². The van der Waals surface area contributed by atoms with Crippen molar-refractivity contribution >= 4 is 5.96 Å². The smallest absolute Gasteiger partial charge is 0.191 e. The summed E-state index contributed by atoms with van der Waals surface area (Å²) in [6.07, 6.45) is 5.65. The van der Waals surface area contributed by atoms with Crippen LogP contribution >= 0.6 is 0 Å². The van der Waals surface area contributed by atoms with Gasteiger partial charge in [-0.2, -0.15) is 0 Å². The summed E-state index contributed by atoms with van der Waals surface area (Å²) in [7, 11) is 1.87. The molecule has 0 radical (unpaired) electrons. The summed E-state index contributed by atoms with van der Waals surface area (Å²) in [6.45, 7) is 6.63. The van der Waals surface area contributed by atoms with Crippen LogP contribution in [0.4, 0.5) is 0 Å². The van der Waals surface area contributed by atoms with Gasteiger partial charge < -0.3 is 15.4 Å². The van der Waals surface area contributed by atoms with Crippen molar-refractivity contribution in [1.82, 2.24) is 15.5 Å². The van der Waals surface area contributed by atoms with Crippen LogP contribution in [-0.2, 0) is 17.8 Å². The summed E-state index contributed by atoms with van der Waals surface area (Å²) >= 11 is 0. The molecular formula is C21H32N4O. The molecule has 26 heavy (non-hydrogen) atoms. The zero-order valence-corrected chi connectivity index (χ0v) is 16.0. The maximum atomic E-state index is 5.46. The molecule has 3 aliphatic rings. The highest BCUT2D eigenvalue weighted by Gasteiger charge is 2.53. The Morgan fingerprint density at radius 1 is 1.15 bits per heavy atom. The molecule has 1 aliphatic heterocycles. The molecule has 2 aliphatic carbocycles. The van der Waals surface area contributed by atoms with Crippen molar-refractivity contribution < 1.29 is 4.74 Å². The Hall–Kier alpha value is -1.59. The Kier molecular flexibility index (Phi) is 5.46. The Bertz CT molecular complexity index is 631. The number of nitrogens with zero attached hydrogens (tertiary/aromatic N) is 2. The second kappa shape index (κ2) is 7.97. The van der Waals surface area contributed by atoms with Gasteiger partial charge in [0.1, 0.15) is 0 Å². The molecule has 142 valence electrons. The van der Waals surface area contributed by atoms with E-state index in [1.165, 1.54) is 36.8 Å². The van der Waals surface area contributed by atoms with E-state index in [0.29, 0.717) is 5.41 Å². The molecule has 2 N–H and O–H groups in total. The van der Waals surface area contributed by atoms with E-state index in [1.807, 2.05) is 7.05 Å². The first kappa shape index (κ1) is 17.8. The van der Waals surface area contributed by atoms with Crippen LogP contribution in [0.15, 0.2) is 29.3 Å². The number of benzene rings is 1. The standard InChI is InChI=1S/C21H32N4O/c1-22-20(24-16-21(8-9-21)19-6-7-19)23-14-17-4-2-3-5-18(17)15-25-10-12-26-13-11-25/h2-5,19H,6-16H2,1H3,(H2,22,23,24). The summed E-state index contributed by atoms with van der Waals surface area (Å²) in [5.74, 6) is 1.90. The minimum Gasteiger partial charge on any atom is -0.379 e. The van der Waals surface area contributed by atoms with E-state index in [4.69, 9.17) is 4.74 Å². The van der Waals surface area contributed by atoms with Gasteiger partial charge in [0.05, 0.1) is 13.2 Å². The molecule has 0 spiro atoms. The molecule has 0 unspecified atom stereocenters. The van der Waals surface area contributed by atoms with Gasteiger partial charge in [-0.3, -0.25) is 9.89 Å². The van der Waals surface area contributed by atoms with Crippen LogP contribution in [0.25, 0.3) is 0 Å². The molecule has 1 heterocycles. The Balaban J connectivity index is 1.30. The van der Waals surface area contributed by atoms with Crippen LogP contribution < -0.4 is 10.6 Å². The largest absolute Gasteiger partial charge is 0.379 e. The summed E-state index contributed by atoms with van der Waals surface area (Å²) < 4.78 is 5.46. The van der Waals surface area contributed by atoms with Crippen LogP contribution in [-0.4, -0.2) is 50.8 Å². The second-order valence-electron chi connectivity index (χ2n) is 8.07. The highest BCUT2D eigenvalue weighted by Crippen LogP contribution is 2.60. The van der Waals surface area contributed by atoms with E-state index >= 15 is 0 Å². The van der Waals surface area contributed by atoms with Gasteiger partial charge in [-0.1, -0.05) is 24.3 Å². The lowest BCUT2D eigenvalue weighted by atomic mass is 10.0. The zero-order valence-electron chi connectivity index (χ0n) is 16.0. The third-order valence-electron chi connectivity index (χ3n) is 6.23. The van der Waals surface area contributed by atoms with E-state index in [2.05, 4.69) is 44.8 Å². The summed E-state index contributed by atoms with van der Waals surface area (Å²) in [5, 5.41) is 7.10. The molecule has 0 aromatic heterocycles. The molecule has 4 rings (SSSR count). The molecule has 0 amide bonds. The lowest BCUT2D eigenvalue weighted by Crippen LogP contribution is -2.40. The third kappa shape index (κ3) is 4.38. The molecular weight excluding hydrogens is 324 g/mol. The predicted molar refractivity (Wildman–Crippen MR) is 105 cm³/mol. The van der Waals surface area contributed by atoms with Crippen LogP contribution in [0.2, 0.25) is 0 Å². The van der Waals surface area contributed by atoms with Crippen molar-refractivity contribution in [2.45, 2.75) is 38.8 Å². The van der Waals surface area contributed by atoms with Crippen molar-refractivity contribution in [2.75, 3.05) is 39.9 Å². The molecule has 1 saturated heterocycles. The van der Waals surface area contributed by atoms with E-state index in [9.17, 15) is 0 Å². The summed E-state index contributed by atoms with van der Waals surface area (Å²) in [4.78, 5) is 6.90. The van der Waals surface area contributed by atoms with Gasteiger partial charge >= 0.3 is 0 Å². The van der Waals surface area contributed by atoms with Crippen molar-refractivity contribution in [3.8, 4) is 0 Å². The predicted octanol–water partition coefficient (Wildman–Crippen LogP) is 2.37. The van der Waals surface area contributed by atoms with E-state index in [-0.39, 0.29) is 0 Å². The fourth-order valence-electron chi connectivity index (χ4n) is 4.13. The number of morpholine rings is 1. The average Bonchev–Trinajstić information content (AvgIpc) is 3.57. The van der Waals surface area contributed by atoms with Crippen molar-refractivity contribution in [1.29, 1.82) is 0 Å². The Labute approximate surface area is 157 Å². The first-order valence-electron chi connectivity index (χ1n) is 10.1. The molecule has 2 saturated carbocycles. The zero-order chi connectivity index (χ0) is 17.8. The topological polar surface area (TPSA) is 48.9 Å². The Morgan fingerprint density at radius 2 is 1.88 bits per heavy atom. The van der Waals surface area contributed by atoms with Crippen LogP contribution in [0, 0.1) is 11.3 Å². The van der Waals surface area contributed by atoms with Crippen LogP contribution in [0.3, 0.4) is 0 Å². The molecule has 1 aromatic rings. The van der Waals surface area contributed by atoms with Gasteiger partial charge in [-0.05, 0) is 48.1 Å². The molecule has 1 aromatic carbocycles. The van der Waals surface area contributed by atoms with Gasteiger partial charge in [-0.15, -0.1) is 0 Å². The number of aliphatic imine (C=N–C) groups is 1. The monoisotopic (exact) mass is 356 g/mol. The van der Waals surface area contributed by atoms with Crippen molar-refractivity contribution in [3.05, 3.63) is 35.4 Å². The van der Waals surface area contributed by atoms with Gasteiger partial charge in [-0.25, -0.2) is 0 Å². The molecule has 0 atom stereocenters. The van der Waals surface area contributed by atoms with Crippen LogP contribution in [0.5, 0.6) is 0 Å². The lowest BCUT2D eigenvalue weighted by molar-refractivity contribution is 0.0341. The van der Waals surface area contributed by atoms with Crippen molar-refractivity contribution in [2.24, 2.45) is 16.3 Å². The van der Waals surface area contributed by atoms with Crippen LogP contribution in [0.1, 0.15) is 36.8 Å². The average molecular weight is 357 g/mol. The van der Waals surface area contributed by atoms with Gasteiger partial charge in [0, 0.05) is 39.8 Å². The number of hydrogen-bond donors (Lipinski definition) is 2. The van der Waals surface area contributed by atoms with Gasteiger partial charge in [0.2, 0.25) is 0 Å². The molecule has 0 bridgehead atoms. The van der Waals surface area contributed by atoms with E-state index in [1.54, 1.807) is 0 Å². The molecule has 5 heteroatoms.